The van der Waals surface area contributed by atoms with Gasteiger partial charge in [0.2, 0.25) is 0 Å². The van der Waals surface area contributed by atoms with Crippen LogP contribution in [0, 0.1) is 0 Å². The first-order valence-corrected chi connectivity index (χ1v) is 10.5. The number of fused-ring (bicyclic) bond motifs is 2. The van der Waals surface area contributed by atoms with E-state index in [-0.39, 0.29) is 18.6 Å². The van der Waals surface area contributed by atoms with Gasteiger partial charge in [-0.1, -0.05) is 30.3 Å². The normalized spacial score (nSPS) is 15.9. The maximum Gasteiger partial charge on any atom is 0.268 e. The van der Waals surface area contributed by atoms with E-state index in [4.69, 9.17) is 9.47 Å². The lowest BCUT2D eigenvalue weighted by Crippen LogP contribution is -2.42. The number of nitrogens with one attached hydrogen (secondary N) is 1. The highest BCUT2D eigenvalue weighted by atomic mass is 32.2. The summed E-state index contributed by atoms with van der Waals surface area (Å²) >= 11 is 1.51. The van der Waals surface area contributed by atoms with Crippen LogP contribution < -0.4 is 14.8 Å². The number of aliphatic hydroxyl groups is 1. The molecule has 0 saturated carbocycles. The van der Waals surface area contributed by atoms with Crippen LogP contribution in [0.1, 0.15) is 18.1 Å². The number of likely N-dealkylation sites (N-methyl/N-ethyl adjacent to an activating group) is 1. The minimum atomic E-state index is -0.351. The van der Waals surface area contributed by atoms with Crippen molar-refractivity contribution in [2.24, 2.45) is 0 Å². The maximum atomic E-state index is 13.0. The molecule has 0 fully saturated rings. The lowest BCUT2D eigenvalue weighted by molar-refractivity contribution is -0.119. The molecule has 2 N–H and O–H groups in total. The van der Waals surface area contributed by atoms with E-state index in [2.05, 4.69) is 5.32 Å². The molecule has 0 radical (unpaired) electrons. The number of benzene rings is 2. The largest absolute Gasteiger partial charge is 0.486 e. The molecule has 2 aliphatic heterocycles. The van der Waals surface area contributed by atoms with Crippen molar-refractivity contribution in [3.8, 4) is 11.5 Å². The number of hydrogen-bond donors (Lipinski definition) is 2. The number of aliphatic hydroxyl groups excluding tert-OH is 1. The summed E-state index contributed by atoms with van der Waals surface area (Å²) in [6.07, 6.45) is 2.45. The van der Waals surface area contributed by atoms with E-state index in [1.165, 1.54) is 11.9 Å². The van der Waals surface area contributed by atoms with E-state index in [1.54, 1.807) is 0 Å². The van der Waals surface area contributed by atoms with Crippen LogP contribution in [0.25, 0.3) is 6.08 Å². The van der Waals surface area contributed by atoms with Gasteiger partial charge in [-0.05, 0) is 54.6 Å². The molecule has 0 saturated heterocycles. The summed E-state index contributed by atoms with van der Waals surface area (Å²) in [5.41, 5.74) is 2.56. The molecule has 2 aromatic carbocycles. The van der Waals surface area contributed by atoms with Gasteiger partial charge in [-0.3, -0.25) is 4.79 Å². The van der Waals surface area contributed by atoms with Gasteiger partial charge >= 0.3 is 0 Å². The molecule has 2 aromatic rings. The molecule has 7 heteroatoms. The van der Waals surface area contributed by atoms with Crippen LogP contribution in [0.4, 0.5) is 0 Å². The van der Waals surface area contributed by atoms with Crippen LogP contribution in [-0.4, -0.2) is 47.7 Å². The second kappa shape index (κ2) is 8.80. The Morgan fingerprint density at radius 3 is 2.62 bits per heavy atom. The van der Waals surface area contributed by atoms with Crippen LogP contribution >= 0.6 is 11.9 Å². The van der Waals surface area contributed by atoms with Gasteiger partial charge in [-0.15, -0.1) is 0 Å². The zero-order chi connectivity index (χ0) is 20.2. The third-order valence-electron chi connectivity index (χ3n) is 4.84. The van der Waals surface area contributed by atoms with Gasteiger partial charge in [0.1, 0.15) is 18.9 Å². The van der Waals surface area contributed by atoms with E-state index >= 15 is 0 Å². The van der Waals surface area contributed by atoms with Gasteiger partial charge in [0.25, 0.3) is 5.91 Å². The van der Waals surface area contributed by atoms with Crippen LogP contribution in [0.2, 0.25) is 0 Å². The highest BCUT2D eigenvalue weighted by molar-refractivity contribution is 7.97. The molecule has 0 bridgehead atoms. The molecular formula is C22H24N2O4S. The Morgan fingerprint density at radius 2 is 1.93 bits per heavy atom. The number of carbonyl (C=O) groups excluding carboxylic acids is 1. The minimum absolute atomic E-state index is 0.123. The average molecular weight is 413 g/mol. The van der Waals surface area contributed by atoms with Crippen molar-refractivity contribution >= 4 is 23.9 Å². The fraction of sp³-hybridized carbons (Fsp3) is 0.318. The van der Waals surface area contributed by atoms with Crippen LogP contribution in [0.5, 0.6) is 11.5 Å². The lowest BCUT2D eigenvalue weighted by Gasteiger charge is -2.30. The molecule has 1 amide bonds. The second-order valence-corrected chi connectivity index (χ2v) is 7.96. The molecule has 0 spiro atoms. The number of hydrogen-bond acceptors (Lipinski definition) is 6. The first-order chi connectivity index (χ1) is 14.2. The Hall–Kier alpha value is -2.64. The van der Waals surface area contributed by atoms with E-state index in [9.17, 15) is 9.90 Å². The predicted octanol–water partition coefficient (Wildman–Crippen LogP) is 2.86. The fourth-order valence-corrected chi connectivity index (χ4v) is 4.38. The van der Waals surface area contributed by atoms with Gasteiger partial charge in [0.05, 0.1) is 12.6 Å². The second-order valence-electron chi connectivity index (χ2n) is 6.89. The number of nitrogens with zero attached hydrogens (tertiary/aromatic N) is 1. The van der Waals surface area contributed by atoms with Gasteiger partial charge in [0.15, 0.2) is 11.5 Å². The smallest absolute Gasteiger partial charge is 0.268 e. The SMILES string of the molecule is CCN1Sc2cc3c(cc2C=C1C(=O)N[C@H](CO)Cc1ccccc1)OCCO3. The van der Waals surface area contributed by atoms with Crippen molar-refractivity contribution in [1.29, 1.82) is 0 Å². The molecule has 29 heavy (non-hydrogen) atoms. The van der Waals surface area contributed by atoms with E-state index in [0.29, 0.717) is 37.6 Å². The Labute approximate surface area is 174 Å². The summed E-state index contributed by atoms with van der Waals surface area (Å²) in [7, 11) is 0. The molecule has 2 aliphatic rings. The molecule has 1 atom stereocenters. The summed E-state index contributed by atoms with van der Waals surface area (Å²) in [6, 6.07) is 13.4. The van der Waals surface area contributed by atoms with E-state index in [1.807, 2.05) is 59.8 Å². The van der Waals surface area contributed by atoms with Gasteiger partial charge in [-0.2, -0.15) is 0 Å². The zero-order valence-electron chi connectivity index (χ0n) is 16.3. The van der Waals surface area contributed by atoms with Gasteiger partial charge in [0, 0.05) is 11.4 Å². The van der Waals surface area contributed by atoms with Crippen molar-refractivity contribution in [2.75, 3.05) is 26.4 Å². The highest BCUT2D eigenvalue weighted by Crippen LogP contribution is 2.43. The summed E-state index contributed by atoms with van der Waals surface area (Å²) in [6.45, 7) is 3.61. The van der Waals surface area contributed by atoms with Gasteiger partial charge < -0.3 is 24.2 Å². The predicted molar refractivity (Wildman–Crippen MR) is 113 cm³/mol. The third kappa shape index (κ3) is 4.36. The molecule has 2 heterocycles. The minimum Gasteiger partial charge on any atom is -0.486 e. The Balaban J connectivity index is 1.55. The molecular weight excluding hydrogens is 388 g/mol. The van der Waals surface area contributed by atoms with Crippen molar-refractivity contribution in [2.45, 2.75) is 24.3 Å². The fourth-order valence-electron chi connectivity index (χ4n) is 3.40. The van der Waals surface area contributed by atoms with Crippen molar-refractivity contribution in [1.82, 2.24) is 9.62 Å². The standard InChI is InChI=1S/C22H24N2O4S/c1-2-24-18(22(26)23-17(14-25)10-15-6-4-3-5-7-15)11-16-12-19-20(13-21(16)29-24)28-9-8-27-19/h3-7,11-13,17,25H,2,8-10,14H2,1H3,(H,23,26)/t17-/m0/s1. The summed E-state index contributed by atoms with van der Waals surface area (Å²) in [5.74, 6) is 1.24. The average Bonchev–Trinajstić information content (AvgIpc) is 2.76. The van der Waals surface area contributed by atoms with Crippen molar-refractivity contribution in [3.63, 3.8) is 0 Å². The number of carbonyl (C=O) groups is 1. The molecule has 6 nitrogen and oxygen atoms in total. The lowest BCUT2D eigenvalue weighted by atomic mass is 10.1. The molecule has 152 valence electrons. The summed E-state index contributed by atoms with van der Waals surface area (Å²) in [5, 5.41) is 12.7. The molecule has 0 aliphatic carbocycles. The first kappa shape index (κ1) is 19.7. The highest BCUT2D eigenvalue weighted by Gasteiger charge is 2.27. The topological polar surface area (TPSA) is 71.0 Å². The Bertz CT molecular complexity index is 917. The van der Waals surface area contributed by atoms with Crippen LogP contribution in [-0.2, 0) is 11.2 Å². The van der Waals surface area contributed by atoms with E-state index in [0.717, 1.165) is 21.8 Å². The zero-order valence-corrected chi connectivity index (χ0v) is 17.1. The van der Waals surface area contributed by atoms with E-state index < -0.39 is 0 Å². The first-order valence-electron chi connectivity index (χ1n) is 9.74. The third-order valence-corrected chi connectivity index (χ3v) is 6.07. The summed E-state index contributed by atoms with van der Waals surface area (Å²) in [4.78, 5) is 14.0. The Kier molecular flexibility index (Phi) is 5.97. The molecule has 0 aromatic heterocycles. The number of ether oxygens (including phenoxy) is 2. The van der Waals surface area contributed by atoms with Crippen molar-refractivity contribution < 1.29 is 19.4 Å². The monoisotopic (exact) mass is 412 g/mol. The quantitative estimate of drug-likeness (QED) is 0.711. The molecule has 4 rings (SSSR count). The van der Waals surface area contributed by atoms with Crippen LogP contribution in [0.3, 0.4) is 0 Å². The molecule has 0 unspecified atom stereocenters. The van der Waals surface area contributed by atoms with Crippen molar-refractivity contribution in [3.05, 3.63) is 59.3 Å². The van der Waals surface area contributed by atoms with Gasteiger partial charge in [-0.25, -0.2) is 0 Å². The number of rotatable bonds is 6. The summed E-state index contributed by atoms with van der Waals surface area (Å²) < 4.78 is 13.3. The van der Waals surface area contributed by atoms with Crippen LogP contribution in [0.15, 0.2) is 53.1 Å². The number of amides is 1. The Morgan fingerprint density at radius 1 is 1.21 bits per heavy atom. The maximum absolute atomic E-state index is 13.0.